The summed E-state index contributed by atoms with van der Waals surface area (Å²) in [5.74, 6) is -1.04. The minimum absolute atomic E-state index is 0.118. The summed E-state index contributed by atoms with van der Waals surface area (Å²) in [7, 11) is -9.67. The monoisotopic (exact) mass is 855 g/mol. The topological polar surface area (TPSA) is 195 Å². The molecule has 0 saturated heterocycles. The van der Waals surface area contributed by atoms with Crippen LogP contribution >= 0.6 is 15.6 Å². The van der Waals surface area contributed by atoms with Crippen molar-refractivity contribution in [2.75, 3.05) is 26.4 Å². The molecular weight excluding hydrogens is 774 g/mol. The highest BCUT2D eigenvalue weighted by Gasteiger charge is 2.28. The molecule has 0 amide bonds. The second kappa shape index (κ2) is 38.8. The predicted molar refractivity (Wildman–Crippen MR) is 225 cm³/mol. The molecule has 3 atom stereocenters. The van der Waals surface area contributed by atoms with E-state index in [1.54, 1.807) is 0 Å². The van der Waals surface area contributed by atoms with Crippen molar-refractivity contribution < 1.29 is 61.6 Å². The van der Waals surface area contributed by atoms with Gasteiger partial charge in [0.1, 0.15) is 12.7 Å². The molecule has 0 aliphatic carbocycles. The highest BCUT2D eigenvalue weighted by molar-refractivity contribution is 7.47. The number of rotatable bonds is 42. The van der Waals surface area contributed by atoms with Crippen LogP contribution in [0.5, 0.6) is 0 Å². The molecule has 0 saturated carbocycles. The molecule has 13 nitrogen and oxygen atoms in total. The Morgan fingerprint density at radius 2 is 0.912 bits per heavy atom. The van der Waals surface area contributed by atoms with Crippen LogP contribution in [-0.2, 0) is 41.8 Å². The van der Waals surface area contributed by atoms with Crippen molar-refractivity contribution in [3.8, 4) is 0 Å². The molecule has 0 aliphatic heterocycles. The minimum Gasteiger partial charge on any atom is -0.462 e. The number of esters is 2. The largest absolute Gasteiger partial charge is 0.472 e. The van der Waals surface area contributed by atoms with E-state index in [-0.39, 0.29) is 19.4 Å². The molecule has 0 fully saturated rings. The van der Waals surface area contributed by atoms with Crippen molar-refractivity contribution in [2.24, 2.45) is 0 Å². The number of hydrogen-bond donors (Lipinski definition) is 4. The van der Waals surface area contributed by atoms with Crippen LogP contribution in [0.25, 0.3) is 0 Å². The molecule has 0 heterocycles. The average molecular weight is 855 g/mol. The quantitative estimate of drug-likeness (QED) is 0.0196. The number of allylic oxidation sites excluding steroid dienone is 4. The first-order valence-corrected chi connectivity index (χ1v) is 25.1. The number of carbonyl (C=O) groups excluding carboxylic acids is 2. The Morgan fingerprint density at radius 3 is 1.42 bits per heavy atom. The van der Waals surface area contributed by atoms with E-state index in [1.165, 1.54) is 89.9 Å². The van der Waals surface area contributed by atoms with Gasteiger partial charge in [-0.25, -0.2) is 9.13 Å². The van der Waals surface area contributed by atoms with Crippen molar-refractivity contribution in [3.63, 3.8) is 0 Å². The molecule has 15 heteroatoms. The Balaban J connectivity index is 4.52. The zero-order valence-electron chi connectivity index (χ0n) is 35.4. The third-order valence-electron chi connectivity index (χ3n) is 9.33. The molecule has 0 spiro atoms. The van der Waals surface area contributed by atoms with Gasteiger partial charge in [0.15, 0.2) is 6.10 Å². The number of carbonyl (C=O) groups is 2. The van der Waals surface area contributed by atoms with Gasteiger partial charge in [0.25, 0.3) is 0 Å². The third kappa shape index (κ3) is 42.5. The van der Waals surface area contributed by atoms with Gasteiger partial charge >= 0.3 is 27.6 Å². The summed E-state index contributed by atoms with van der Waals surface area (Å²) in [4.78, 5) is 52.7. The van der Waals surface area contributed by atoms with Gasteiger partial charge < -0.3 is 29.3 Å². The van der Waals surface area contributed by atoms with Crippen molar-refractivity contribution in [1.82, 2.24) is 0 Å². The van der Waals surface area contributed by atoms with Crippen LogP contribution in [0.4, 0.5) is 0 Å². The van der Waals surface area contributed by atoms with Crippen LogP contribution in [0.1, 0.15) is 194 Å². The summed E-state index contributed by atoms with van der Waals surface area (Å²) in [6.45, 7) is 1.74. The van der Waals surface area contributed by atoms with Crippen molar-refractivity contribution >= 4 is 27.6 Å². The van der Waals surface area contributed by atoms with Crippen molar-refractivity contribution in [2.45, 2.75) is 206 Å². The molecule has 0 rings (SSSR count). The summed E-state index contributed by atoms with van der Waals surface area (Å²) in [6, 6.07) is 0. The van der Waals surface area contributed by atoms with Crippen LogP contribution in [0.15, 0.2) is 24.3 Å². The number of hydrogen-bond acceptors (Lipinski definition) is 10. The fourth-order valence-electron chi connectivity index (χ4n) is 5.97. The lowest BCUT2D eigenvalue weighted by Crippen LogP contribution is -2.30. The number of aliphatic hydroxyl groups is 1. The molecule has 0 radical (unpaired) electrons. The fourth-order valence-corrected chi connectivity index (χ4v) is 7.12. The number of phosphoric ester groups is 2. The van der Waals surface area contributed by atoms with Crippen LogP contribution in [-0.4, -0.2) is 70.4 Å². The molecule has 57 heavy (non-hydrogen) atoms. The first-order chi connectivity index (χ1) is 27.4. The SMILES string of the molecule is CCCCCC=CCC=CCCCCCCCC(=O)OC(COC(=O)CCCCCCCCCCCCCCCCC)COP(=O)(O)OCC(O)COP(=O)(O)O. The van der Waals surface area contributed by atoms with E-state index in [0.717, 1.165) is 64.2 Å². The maximum Gasteiger partial charge on any atom is 0.472 e. The van der Waals surface area contributed by atoms with E-state index in [2.05, 4.69) is 47.2 Å². The zero-order valence-corrected chi connectivity index (χ0v) is 37.2. The molecule has 0 aromatic rings. The maximum atomic E-state index is 12.6. The Kier molecular flexibility index (Phi) is 37.8. The van der Waals surface area contributed by atoms with Gasteiger partial charge in [0.05, 0.1) is 19.8 Å². The van der Waals surface area contributed by atoms with Gasteiger partial charge in [-0.1, -0.05) is 160 Å². The predicted octanol–water partition coefficient (Wildman–Crippen LogP) is 11.1. The van der Waals surface area contributed by atoms with Gasteiger partial charge in [0.2, 0.25) is 0 Å². The van der Waals surface area contributed by atoms with Crippen LogP contribution in [0, 0.1) is 0 Å². The summed E-state index contributed by atoms with van der Waals surface area (Å²) in [5, 5.41) is 9.74. The Morgan fingerprint density at radius 1 is 0.509 bits per heavy atom. The lowest BCUT2D eigenvalue weighted by atomic mass is 10.0. The first kappa shape index (κ1) is 55.6. The first-order valence-electron chi connectivity index (χ1n) is 22.0. The summed E-state index contributed by atoms with van der Waals surface area (Å²) >= 11 is 0. The van der Waals surface area contributed by atoms with E-state index in [9.17, 15) is 28.7 Å². The maximum absolute atomic E-state index is 12.6. The van der Waals surface area contributed by atoms with Gasteiger partial charge in [-0.15, -0.1) is 0 Å². The van der Waals surface area contributed by atoms with Gasteiger partial charge in [-0.05, 0) is 44.9 Å². The Hall–Kier alpha value is -1.40. The van der Waals surface area contributed by atoms with E-state index in [4.69, 9.17) is 23.8 Å². The lowest BCUT2D eigenvalue weighted by molar-refractivity contribution is -0.161. The number of ether oxygens (including phenoxy) is 2. The van der Waals surface area contributed by atoms with E-state index in [1.807, 2.05) is 0 Å². The van der Waals surface area contributed by atoms with Crippen molar-refractivity contribution in [1.29, 1.82) is 0 Å². The highest BCUT2D eigenvalue weighted by Crippen LogP contribution is 2.43. The smallest absolute Gasteiger partial charge is 0.462 e. The number of phosphoric acid groups is 2. The van der Waals surface area contributed by atoms with Crippen molar-refractivity contribution in [3.05, 3.63) is 24.3 Å². The highest BCUT2D eigenvalue weighted by atomic mass is 31.2. The summed E-state index contributed by atoms with van der Waals surface area (Å²) < 4.78 is 47.8. The number of unbranched alkanes of at least 4 members (excludes halogenated alkanes) is 22. The Bertz CT molecular complexity index is 1110. The van der Waals surface area contributed by atoms with Gasteiger partial charge in [-0.3, -0.25) is 23.2 Å². The van der Waals surface area contributed by atoms with Crippen LogP contribution < -0.4 is 0 Å². The molecule has 0 aliphatic rings. The van der Waals surface area contributed by atoms with Crippen LogP contribution in [0.2, 0.25) is 0 Å². The summed E-state index contributed by atoms with van der Waals surface area (Å²) in [5.41, 5.74) is 0. The molecule has 3 unspecified atom stereocenters. The zero-order chi connectivity index (χ0) is 42.3. The standard InChI is InChI=1S/C42H80O13P2/c1-3-5-7-9-11-13-15-17-19-21-23-25-27-29-31-33-41(44)51-37-40(38-54-57(49,50)53-36-39(43)35-52-56(46,47)48)55-42(45)34-32-30-28-26-24-22-20-18-16-14-12-10-8-6-4-2/h12,14,18,20,39-40,43H,3-11,13,15-17,19,21-38H2,1-2H3,(H,49,50)(H2,46,47,48). The average Bonchev–Trinajstić information content (AvgIpc) is 3.17. The molecule has 336 valence electrons. The molecule has 0 aromatic heterocycles. The molecule has 4 N–H and O–H groups in total. The molecular formula is C42H80O13P2. The van der Waals surface area contributed by atoms with Gasteiger partial charge in [-0.2, -0.15) is 0 Å². The molecule has 0 aromatic carbocycles. The Labute approximate surface area is 344 Å². The fraction of sp³-hybridized carbons (Fsp3) is 0.857. The second-order valence-electron chi connectivity index (χ2n) is 15.0. The van der Waals surface area contributed by atoms with E-state index < -0.39 is 59.6 Å². The van der Waals surface area contributed by atoms with E-state index in [0.29, 0.717) is 12.8 Å². The van der Waals surface area contributed by atoms with E-state index >= 15 is 0 Å². The lowest BCUT2D eigenvalue weighted by Gasteiger charge is -2.20. The normalized spacial score (nSPS) is 14.3. The molecule has 0 bridgehead atoms. The number of aliphatic hydroxyl groups excluding tert-OH is 1. The summed E-state index contributed by atoms with van der Waals surface area (Å²) in [6.07, 6.45) is 35.9. The third-order valence-corrected chi connectivity index (χ3v) is 10.8. The second-order valence-corrected chi connectivity index (χ2v) is 17.7. The minimum atomic E-state index is -4.86. The van der Waals surface area contributed by atoms with Crippen LogP contribution in [0.3, 0.4) is 0 Å². The van der Waals surface area contributed by atoms with Gasteiger partial charge in [0, 0.05) is 12.8 Å².